The molecule has 150 valence electrons. The fourth-order valence-electron chi connectivity index (χ4n) is 3.13. The lowest BCUT2D eigenvalue weighted by molar-refractivity contribution is 0.102. The van der Waals surface area contributed by atoms with Crippen LogP contribution in [-0.4, -0.2) is 53.8 Å². The monoisotopic (exact) mass is 393 g/mol. The second-order valence-electron chi connectivity index (χ2n) is 6.58. The molecular formula is C21H23N5O3. The number of morpholine rings is 1. The number of hydrogen-bond acceptors (Lipinski definition) is 6. The predicted octanol–water partition coefficient (Wildman–Crippen LogP) is 2.75. The summed E-state index contributed by atoms with van der Waals surface area (Å²) >= 11 is 0. The van der Waals surface area contributed by atoms with Crippen molar-refractivity contribution in [1.29, 1.82) is 0 Å². The summed E-state index contributed by atoms with van der Waals surface area (Å²) in [4.78, 5) is 14.8. The molecule has 8 nitrogen and oxygen atoms in total. The smallest absolute Gasteiger partial charge is 0.277 e. The highest BCUT2D eigenvalue weighted by atomic mass is 16.5. The summed E-state index contributed by atoms with van der Waals surface area (Å²) in [5.74, 6) is 0.483. The lowest BCUT2D eigenvalue weighted by Gasteiger charge is -2.28. The fourth-order valence-corrected chi connectivity index (χ4v) is 3.13. The van der Waals surface area contributed by atoms with Crippen LogP contribution in [0.25, 0.3) is 5.69 Å². The van der Waals surface area contributed by atoms with Crippen molar-refractivity contribution in [3.05, 3.63) is 60.4 Å². The van der Waals surface area contributed by atoms with Crippen LogP contribution < -0.4 is 15.0 Å². The maximum atomic E-state index is 12.5. The topological polar surface area (TPSA) is 81.5 Å². The van der Waals surface area contributed by atoms with Crippen molar-refractivity contribution in [1.82, 2.24) is 15.0 Å². The third-order valence-electron chi connectivity index (χ3n) is 4.64. The standard InChI is InChI=1S/C21H23N5O3/c1-2-29-19-9-7-18(8-10-19)26-15-20(23-24-26)21(27)22-16-3-5-17(6-4-16)25-11-13-28-14-12-25/h3-10,15H,2,11-14H2,1H3,(H,22,27). The van der Waals surface area contributed by atoms with Crippen molar-refractivity contribution in [2.75, 3.05) is 43.1 Å². The Balaban J connectivity index is 1.40. The van der Waals surface area contributed by atoms with Crippen molar-refractivity contribution < 1.29 is 14.3 Å². The van der Waals surface area contributed by atoms with Crippen molar-refractivity contribution in [2.45, 2.75) is 6.92 Å². The van der Waals surface area contributed by atoms with Gasteiger partial charge >= 0.3 is 0 Å². The van der Waals surface area contributed by atoms with Gasteiger partial charge in [0.15, 0.2) is 5.69 Å². The molecule has 3 aromatic rings. The molecule has 1 saturated heterocycles. The Kier molecular flexibility index (Phi) is 5.71. The molecule has 0 saturated carbocycles. The van der Waals surface area contributed by atoms with Gasteiger partial charge in [-0.1, -0.05) is 5.21 Å². The molecule has 2 heterocycles. The minimum Gasteiger partial charge on any atom is -0.494 e. The van der Waals surface area contributed by atoms with Crippen molar-refractivity contribution in [3.63, 3.8) is 0 Å². The molecule has 1 aromatic heterocycles. The lowest BCUT2D eigenvalue weighted by atomic mass is 10.2. The van der Waals surface area contributed by atoms with Gasteiger partial charge in [-0.3, -0.25) is 4.79 Å². The Bertz CT molecular complexity index is 947. The van der Waals surface area contributed by atoms with Crippen LogP contribution in [0.1, 0.15) is 17.4 Å². The Labute approximate surface area is 169 Å². The van der Waals surface area contributed by atoms with Crippen molar-refractivity contribution in [3.8, 4) is 11.4 Å². The first-order valence-electron chi connectivity index (χ1n) is 9.62. The zero-order valence-corrected chi connectivity index (χ0v) is 16.2. The molecule has 29 heavy (non-hydrogen) atoms. The molecular weight excluding hydrogens is 370 g/mol. The third kappa shape index (κ3) is 4.55. The van der Waals surface area contributed by atoms with Crippen LogP contribution in [0.4, 0.5) is 11.4 Å². The predicted molar refractivity (Wildman–Crippen MR) is 110 cm³/mol. The van der Waals surface area contributed by atoms with E-state index in [4.69, 9.17) is 9.47 Å². The van der Waals surface area contributed by atoms with Crippen molar-refractivity contribution in [2.24, 2.45) is 0 Å². The van der Waals surface area contributed by atoms with Crippen LogP contribution in [0.15, 0.2) is 54.7 Å². The van der Waals surface area contributed by atoms with Gasteiger partial charge in [-0.15, -0.1) is 5.10 Å². The Hall–Kier alpha value is -3.39. The second kappa shape index (κ2) is 8.74. The number of nitrogens with zero attached hydrogens (tertiary/aromatic N) is 4. The first-order chi connectivity index (χ1) is 14.2. The summed E-state index contributed by atoms with van der Waals surface area (Å²) in [6.07, 6.45) is 1.60. The van der Waals surface area contributed by atoms with Crippen LogP contribution >= 0.6 is 0 Å². The minimum absolute atomic E-state index is 0.246. The first-order valence-corrected chi connectivity index (χ1v) is 9.62. The molecule has 0 atom stereocenters. The Morgan fingerprint density at radius 1 is 1.07 bits per heavy atom. The van der Waals surface area contributed by atoms with E-state index < -0.39 is 0 Å². The van der Waals surface area contributed by atoms with Crippen LogP contribution in [0, 0.1) is 0 Å². The van der Waals surface area contributed by atoms with E-state index in [1.807, 2.05) is 55.5 Å². The van der Waals surface area contributed by atoms with Crippen molar-refractivity contribution >= 4 is 17.3 Å². The van der Waals surface area contributed by atoms with E-state index in [-0.39, 0.29) is 11.6 Å². The SMILES string of the molecule is CCOc1ccc(-n2cc(C(=O)Nc3ccc(N4CCOCC4)cc3)nn2)cc1. The summed E-state index contributed by atoms with van der Waals surface area (Å²) < 4.78 is 12.4. The summed E-state index contributed by atoms with van der Waals surface area (Å²) in [6.45, 7) is 5.78. The molecule has 1 N–H and O–H groups in total. The van der Waals surface area contributed by atoms with Gasteiger partial charge in [0.25, 0.3) is 5.91 Å². The van der Waals surface area contributed by atoms with Crippen LogP contribution in [0.5, 0.6) is 5.75 Å². The number of aromatic nitrogens is 3. The quantitative estimate of drug-likeness (QED) is 0.694. The highest BCUT2D eigenvalue weighted by molar-refractivity contribution is 6.02. The normalized spacial score (nSPS) is 13.9. The molecule has 0 bridgehead atoms. The van der Waals surface area contributed by atoms with Gasteiger partial charge in [0, 0.05) is 24.5 Å². The minimum atomic E-state index is -0.304. The second-order valence-corrected chi connectivity index (χ2v) is 6.58. The molecule has 1 aliphatic heterocycles. The van der Waals surface area contributed by atoms with E-state index in [0.29, 0.717) is 12.3 Å². The average molecular weight is 393 g/mol. The zero-order chi connectivity index (χ0) is 20.1. The molecule has 1 fully saturated rings. The van der Waals surface area contributed by atoms with Crippen LogP contribution in [-0.2, 0) is 4.74 Å². The van der Waals surface area contributed by atoms with Crippen LogP contribution in [0.3, 0.4) is 0 Å². The van der Waals surface area contributed by atoms with Gasteiger partial charge in [0.05, 0.1) is 31.7 Å². The molecule has 0 aliphatic carbocycles. The van der Waals surface area contributed by atoms with Gasteiger partial charge in [-0.2, -0.15) is 0 Å². The number of hydrogen-bond donors (Lipinski definition) is 1. The Morgan fingerprint density at radius 2 is 1.76 bits per heavy atom. The number of benzene rings is 2. The number of anilines is 2. The van der Waals surface area contributed by atoms with Gasteiger partial charge in [-0.05, 0) is 55.5 Å². The van der Waals surface area contributed by atoms with E-state index >= 15 is 0 Å². The first kappa shape index (κ1) is 18.9. The highest BCUT2D eigenvalue weighted by Crippen LogP contribution is 2.20. The van der Waals surface area contributed by atoms with E-state index in [9.17, 15) is 4.79 Å². The van der Waals surface area contributed by atoms with E-state index in [1.54, 1.807) is 10.9 Å². The van der Waals surface area contributed by atoms with Gasteiger partial charge in [0.2, 0.25) is 0 Å². The maximum Gasteiger partial charge on any atom is 0.277 e. The van der Waals surface area contributed by atoms with Gasteiger partial charge in [0.1, 0.15) is 5.75 Å². The summed E-state index contributed by atoms with van der Waals surface area (Å²) in [6, 6.07) is 15.2. The number of carbonyl (C=O) groups is 1. The number of carbonyl (C=O) groups excluding carboxylic acids is 1. The molecule has 4 rings (SSSR count). The third-order valence-corrected chi connectivity index (χ3v) is 4.64. The number of ether oxygens (including phenoxy) is 2. The molecule has 0 radical (unpaired) electrons. The lowest BCUT2D eigenvalue weighted by Crippen LogP contribution is -2.36. The zero-order valence-electron chi connectivity index (χ0n) is 16.2. The number of rotatable bonds is 6. The summed E-state index contributed by atoms with van der Waals surface area (Å²) in [5, 5.41) is 10.9. The molecule has 0 spiro atoms. The Morgan fingerprint density at radius 3 is 2.45 bits per heavy atom. The number of nitrogens with one attached hydrogen (secondary N) is 1. The summed E-state index contributed by atoms with van der Waals surface area (Å²) in [5.41, 5.74) is 2.88. The highest BCUT2D eigenvalue weighted by Gasteiger charge is 2.14. The van der Waals surface area contributed by atoms with E-state index in [2.05, 4.69) is 20.5 Å². The molecule has 2 aromatic carbocycles. The molecule has 8 heteroatoms. The summed E-state index contributed by atoms with van der Waals surface area (Å²) in [7, 11) is 0. The van der Waals surface area contributed by atoms with E-state index in [0.717, 1.165) is 43.4 Å². The molecule has 0 unspecified atom stereocenters. The van der Waals surface area contributed by atoms with Gasteiger partial charge < -0.3 is 19.7 Å². The average Bonchev–Trinajstić information content (AvgIpc) is 3.26. The fraction of sp³-hybridized carbons (Fsp3) is 0.286. The van der Waals surface area contributed by atoms with Crippen LogP contribution in [0.2, 0.25) is 0 Å². The van der Waals surface area contributed by atoms with Gasteiger partial charge in [-0.25, -0.2) is 4.68 Å². The largest absolute Gasteiger partial charge is 0.494 e. The maximum absolute atomic E-state index is 12.5. The van der Waals surface area contributed by atoms with E-state index in [1.165, 1.54) is 0 Å². The number of amides is 1. The molecule has 1 aliphatic rings. The molecule has 1 amide bonds.